The fourth-order valence-corrected chi connectivity index (χ4v) is 3.91. The molecular weight excluding hydrogens is 310 g/mol. The SMILES string of the molecule is O=C(Cc1ccsc1)N1CCCC(Cc2nc(C3CC3)no2)C1. The number of likely N-dealkylation sites (tertiary alicyclic amines) is 1. The van der Waals surface area contributed by atoms with Crippen LogP contribution in [0.25, 0.3) is 0 Å². The third-order valence-electron chi connectivity index (χ3n) is 4.70. The van der Waals surface area contributed by atoms with Gasteiger partial charge < -0.3 is 9.42 Å². The fraction of sp³-hybridized carbons (Fsp3) is 0.588. The number of carbonyl (C=O) groups excluding carboxylic acids is 1. The van der Waals surface area contributed by atoms with E-state index in [4.69, 9.17) is 4.52 Å². The molecule has 2 aromatic heterocycles. The molecule has 1 saturated carbocycles. The van der Waals surface area contributed by atoms with E-state index in [-0.39, 0.29) is 5.91 Å². The Labute approximate surface area is 139 Å². The molecule has 1 aliphatic carbocycles. The average Bonchev–Trinajstić information content (AvgIpc) is 3.09. The zero-order valence-corrected chi connectivity index (χ0v) is 13.9. The minimum Gasteiger partial charge on any atom is -0.342 e. The second kappa shape index (κ2) is 6.43. The van der Waals surface area contributed by atoms with Crippen molar-refractivity contribution < 1.29 is 9.32 Å². The molecule has 1 aliphatic heterocycles. The van der Waals surface area contributed by atoms with Crippen LogP contribution in [0.3, 0.4) is 0 Å². The van der Waals surface area contributed by atoms with Crippen LogP contribution in [0.4, 0.5) is 0 Å². The van der Waals surface area contributed by atoms with Gasteiger partial charge in [-0.1, -0.05) is 5.16 Å². The molecule has 23 heavy (non-hydrogen) atoms. The minimum absolute atomic E-state index is 0.234. The Morgan fingerprint density at radius 1 is 1.39 bits per heavy atom. The lowest BCUT2D eigenvalue weighted by Gasteiger charge is -2.32. The molecule has 6 heteroatoms. The summed E-state index contributed by atoms with van der Waals surface area (Å²) in [5.74, 6) is 2.81. The van der Waals surface area contributed by atoms with Crippen LogP contribution >= 0.6 is 11.3 Å². The van der Waals surface area contributed by atoms with Crippen molar-refractivity contribution in [1.29, 1.82) is 0 Å². The summed E-state index contributed by atoms with van der Waals surface area (Å²) in [4.78, 5) is 19.0. The summed E-state index contributed by atoms with van der Waals surface area (Å²) < 4.78 is 5.39. The maximum absolute atomic E-state index is 12.4. The average molecular weight is 331 g/mol. The first-order valence-corrected chi connectivity index (χ1v) is 9.33. The number of nitrogens with zero attached hydrogens (tertiary/aromatic N) is 3. The number of thiophene rings is 1. The largest absolute Gasteiger partial charge is 0.342 e. The molecule has 0 N–H and O–H groups in total. The van der Waals surface area contributed by atoms with E-state index in [1.807, 2.05) is 16.3 Å². The second-order valence-electron chi connectivity index (χ2n) is 6.68. The number of carbonyl (C=O) groups is 1. The van der Waals surface area contributed by atoms with E-state index >= 15 is 0 Å². The van der Waals surface area contributed by atoms with Gasteiger partial charge in [-0.3, -0.25) is 4.79 Å². The Balaban J connectivity index is 1.33. The van der Waals surface area contributed by atoms with E-state index < -0.39 is 0 Å². The van der Waals surface area contributed by atoms with Crippen molar-refractivity contribution >= 4 is 17.2 Å². The van der Waals surface area contributed by atoms with E-state index in [1.165, 1.54) is 12.8 Å². The van der Waals surface area contributed by atoms with Gasteiger partial charge in [-0.25, -0.2) is 0 Å². The summed E-state index contributed by atoms with van der Waals surface area (Å²) in [5, 5.41) is 8.16. The molecule has 0 bridgehead atoms. The molecular formula is C17H21N3O2S. The third-order valence-corrected chi connectivity index (χ3v) is 5.43. The number of aromatic nitrogens is 2. The molecule has 0 aromatic carbocycles. The lowest BCUT2D eigenvalue weighted by Crippen LogP contribution is -2.41. The van der Waals surface area contributed by atoms with Crippen molar-refractivity contribution in [3.63, 3.8) is 0 Å². The maximum Gasteiger partial charge on any atom is 0.227 e. The van der Waals surface area contributed by atoms with Crippen LogP contribution in [0.1, 0.15) is 48.9 Å². The molecule has 1 unspecified atom stereocenters. The Bertz CT molecular complexity index is 663. The van der Waals surface area contributed by atoms with Crippen LogP contribution < -0.4 is 0 Å². The lowest BCUT2D eigenvalue weighted by molar-refractivity contribution is -0.132. The molecule has 1 atom stereocenters. The van der Waals surface area contributed by atoms with Crippen molar-refractivity contribution in [2.75, 3.05) is 13.1 Å². The van der Waals surface area contributed by atoms with Crippen LogP contribution in [0, 0.1) is 5.92 Å². The summed E-state index contributed by atoms with van der Waals surface area (Å²) in [6.45, 7) is 1.68. The number of hydrogen-bond donors (Lipinski definition) is 0. The highest BCUT2D eigenvalue weighted by Crippen LogP contribution is 2.38. The monoisotopic (exact) mass is 331 g/mol. The van der Waals surface area contributed by atoms with E-state index in [9.17, 15) is 4.79 Å². The van der Waals surface area contributed by atoms with Gasteiger partial charge in [0.05, 0.1) is 6.42 Å². The van der Waals surface area contributed by atoms with Gasteiger partial charge >= 0.3 is 0 Å². The predicted molar refractivity (Wildman–Crippen MR) is 87.3 cm³/mol. The lowest BCUT2D eigenvalue weighted by atomic mass is 9.94. The van der Waals surface area contributed by atoms with Gasteiger partial charge in [-0.2, -0.15) is 16.3 Å². The van der Waals surface area contributed by atoms with Gasteiger partial charge in [-0.15, -0.1) is 0 Å². The molecule has 5 nitrogen and oxygen atoms in total. The van der Waals surface area contributed by atoms with Crippen LogP contribution in [0.15, 0.2) is 21.3 Å². The smallest absolute Gasteiger partial charge is 0.227 e. The minimum atomic E-state index is 0.234. The summed E-state index contributed by atoms with van der Waals surface area (Å²) >= 11 is 1.64. The van der Waals surface area contributed by atoms with Crippen molar-refractivity contribution in [3.8, 4) is 0 Å². The molecule has 1 amide bonds. The number of piperidine rings is 1. The quantitative estimate of drug-likeness (QED) is 0.845. The maximum atomic E-state index is 12.4. The van der Waals surface area contributed by atoms with Gasteiger partial charge in [0.1, 0.15) is 0 Å². The predicted octanol–water partition coefficient (Wildman–Crippen LogP) is 3.03. The van der Waals surface area contributed by atoms with Crippen molar-refractivity contribution in [3.05, 3.63) is 34.1 Å². The summed E-state index contributed by atoms with van der Waals surface area (Å²) in [7, 11) is 0. The van der Waals surface area contributed by atoms with Crippen LogP contribution in [-0.4, -0.2) is 34.0 Å². The highest BCUT2D eigenvalue weighted by atomic mass is 32.1. The molecule has 3 heterocycles. The molecule has 0 radical (unpaired) electrons. The Kier molecular flexibility index (Phi) is 4.16. The van der Waals surface area contributed by atoms with Gasteiger partial charge in [-0.05, 0) is 54.0 Å². The van der Waals surface area contributed by atoms with Gasteiger partial charge in [0, 0.05) is 25.4 Å². The van der Waals surface area contributed by atoms with E-state index in [2.05, 4.69) is 15.5 Å². The first-order chi connectivity index (χ1) is 11.3. The highest BCUT2D eigenvalue weighted by molar-refractivity contribution is 7.07. The molecule has 2 fully saturated rings. The summed E-state index contributed by atoms with van der Waals surface area (Å²) in [6.07, 6.45) is 5.87. The van der Waals surface area contributed by atoms with Crippen molar-refractivity contribution in [2.45, 2.75) is 44.4 Å². The normalized spacial score (nSPS) is 21.6. The summed E-state index contributed by atoms with van der Waals surface area (Å²) in [6, 6.07) is 2.03. The fourth-order valence-electron chi connectivity index (χ4n) is 3.24. The van der Waals surface area contributed by atoms with Gasteiger partial charge in [0.15, 0.2) is 5.82 Å². The molecule has 0 spiro atoms. The van der Waals surface area contributed by atoms with Crippen LogP contribution in [-0.2, 0) is 17.6 Å². The Morgan fingerprint density at radius 2 is 2.30 bits per heavy atom. The molecule has 4 rings (SSSR count). The van der Waals surface area contributed by atoms with E-state index in [0.717, 1.165) is 49.6 Å². The van der Waals surface area contributed by atoms with Gasteiger partial charge in [0.2, 0.25) is 11.8 Å². The highest BCUT2D eigenvalue weighted by Gasteiger charge is 2.30. The van der Waals surface area contributed by atoms with E-state index in [1.54, 1.807) is 11.3 Å². The van der Waals surface area contributed by atoms with Crippen molar-refractivity contribution in [1.82, 2.24) is 15.0 Å². The van der Waals surface area contributed by atoms with Crippen molar-refractivity contribution in [2.24, 2.45) is 5.92 Å². The summed E-state index contributed by atoms with van der Waals surface area (Å²) in [5.41, 5.74) is 1.12. The second-order valence-corrected chi connectivity index (χ2v) is 7.46. The Morgan fingerprint density at radius 3 is 3.09 bits per heavy atom. The van der Waals surface area contributed by atoms with Crippen LogP contribution in [0.2, 0.25) is 0 Å². The van der Waals surface area contributed by atoms with Crippen LogP contribution in [0.5, 0.6) is 0 Å². The van der Waals surface area contributed by atoms with E-state index in [0.29, 0.717) is 18.3 Å². The zero-order valence-electron chi connectivity index (χ0n) is 13.1. The Hall–Kier alpha value is -1.69. The number of rotatable bonds is 5. The number of amides is 1. The molecule has 1 saturated heterocycles. The first-order valence-electron chi connectivity index (χ1n) is 8.39. The standard InChI is InChI=1S/C17H21N3O2S/c21-16(9-13-5-7-23-11-13)20-6-1-2-12(10-20)8-15-18-17(19-22-15)14-3-4-14/h5,7,11-12,14H,1-4,6,8-10H2. The molecule has 122 valence electrons. The third kappa shape index (κ3) is 3.63. The zero-order chi connectivity index (χ0) is 15.6. The molecule has 2 aliphatic rings. The van der Waals surface area contributed by atoms with Gasteiger partial charge in [0.25, 0.3) is 0 Å². The number of hydrogen-bond acceptors (Lipinski definition) is 5. The topological polar surface area (TPSA) is 59.2 Å². The first kappa shape index (κ1) is 14.9. The molecule has 2 aromatic rings.